The Hall–Kier alpha value is -4.29. The number of ether oxygens (including phenoxy) is 1. The molecule has 5 nitrogen and oxygen atoms in total. The van der Waals surface area contributed by atoms with Crippen molar-refractivity contribution < 1.29 is 14.3 Å². The number of carbonyl (C=O) groups excluding carboxylic acids is 2. The van der Waals surface area contributed by atoms with Crippen LogP contribution in [0.3, 0.4) is 0 Å². The maximum atomic E-state index is 13.2. The highest BCUT2D eigenvalue weighted by Crippen LogP contribution is 2.48. The molecule has 1 unspecified atom stereocenters. The molecule has 0 radical (unpaired) electrons. The fraction of sp³-hybridized carbons (Fsp3) is 0.125. The lowest BCUT2D eigenvalue weighted by atomic mass is 9.84. The van der Waals surface area contributed by atoms with Gasteiger partial charge in [-0.2, -0.15) is 0 Å². The molecule has 4 aromatic carbocycles. The third-order valence-electron chi connectivity index (χ3n) is 6.57. The Kier molecular flexibility index (Phi) is 7.61. The van der Waals surface area contributed by atoms with Crippen LogP contribution in [-0.2, 0) is 14.3 Å². The molecule has 1 heterocycles. The number of thioether (sulfide) groups is 1. The number of aromatic amines is 1. The van der Waals surface area contributed by atoms with Crippen molar-refractivity contribution in [3.8, 4) is 0 Å². The van der Waals surface area contributed by atoms with Crippen molar-refractivity contribution in [2.75, 3.05) is 12.9 Å². The molecular formula is C32H28N2O3S. The summed E-state index contributed by atoms with van der Waals surface area (Å²) in [6.07, 6.45) is 0. The zero-order valence-electron chi connectivity index (χ0n) is 21.0. The van der Waals surface area contributed by atoms with Crippen molar-refractivity contribution in [3.63, 3.8) is 0 Å². The molecule has 38 heavy (non-hydrogen) atoms. The lowest BCUT2D eigenvalue weighted by Gasteiger charge is -2.36. The normalized spacial score (nSPS) is 12.1. The fourth-order valence-electron chi connectivity index (χ4n) is 4.72. The number of rotatable bonds is 9. The number of H-pyrrole nitrogens is 1. The quantitative estimate of drug-likeness (QED) is 0.180. The van der Waals surface area contributed by atoms with E-state index in [9.17, 15) is 9.59 Å². The van der Waals surface area contributed by atoms with Gasteiger partial charge in [-0.05, 0) is 28.8 Å². The molecular weight excluding hydrogens is 492 g/mol. The maximum absolute atomic E-state index is 13.2. The lowest BCUT2D eigenvalue weighted by molar-refractivity contribution is -0.142. The number of esters is 1. The Morgan fingerprint density at radius 3 is 1.79 bits per heavy atom. The summed E-state index contributed by atoms with van der Waals surface area (Å²) in [5.74, 6) is -0.566. The molecule has 1 amide bonds. The molecule has 0 saturated carbocycles. The summed E-state index contributed by atoms with van der Waals surface area (Å²) < 4.78 is 4.49. The SMILES string of the molecule is COC(=O)C(CSC(c1ccccc1)(c1ccccc1)c1ccccc1)NC(=O)c1cc2ccccc2[nH]1. The van der Waals surface area contributed by atoms with Crippen molar-refractivity contribution >= 4 is 34.5 Å². The number of methoxy groups -OCH3 is 1. The third kappa shape index (κ3) is 5.08. The first kappa shape index (κ1) is 25.4. The van der Waals surface area contributed by atoms with Gasteiger partial charge in [0.1, 0.15) is 11.7 Å². The second-order valence-electron chi connectivity index (χ2n) is 8.91. The van der Waals surface area contributed by atoms with E-state index < -0.39 is 16.8 Å². The standard InChI is InChI=1S/C32H28N2O3S/c1-37-31(36)29(34-30(35)28-21-23-13-11-12-20-27(23)33-28)22-38-32(24-14-5-2-6-15-24,25-16-7-3-8-17-25)26-18-9-4-10-19-26/h2-21,29,33H,22H2,1H3,(H,34,35). The highest BCUT2D eigenvalue weighted by atomic mass is 32.2. The average Bonchev–Trinajstić information content (AvgIpc) is 3.43. The Balaban J connectivity index is 1.51. The molecule has 0 bridgehead atoms. The second-order valence-corrected chi connectivity index (χ2v) is 10.1. The molecule has 190 valence electrons. The van der Waals surface area contributed by atoms with E-state index in [2.05, 4.69) is 46.7 Å². The third-order valence-corrected chi connectivity index (χ3v) is 8.21. The molecule has 0 aliphatic heterocycles. The number of amides is 1. The van der Waals surface area contributed by atoms with Crippen LogP contribution in [-0.4, -0.2) is 35.8 Å². The van der Waals surface area contributed by atoms with Gasteiger partial charge in [-0.15, -0.1) is 11.8 Å². The molecule has 0 aliphatic rings. The van der Waals surface area contributed by atoms with Gasteiger partial charge in [0.25, 0.3) is 5.91 Å². The smallest absolute Gasteiger partial charge is 0.329 e. The molecule has 0 fully saturated rings. The fourth-order valence-corrected chi connectivity index (χ4v) is 6.26. The first-order valence-electron chi connectivity index (χ1n) is 12.4. The Morgan fingerprint density at radius 1 is 0.789 bits per heavy atom. The van der Waals surface area contributed by atoms with Gasteiger partial charge in [-0.25, -0.2) is 4.79 Å². The van der Waals surface area contributed by atoms with Crippen LogP contribution in [0, 0.1) is 0 Å². The zero-order chi connectivity index (χ0) is 26.4. The molecule has 0 aliphatic carbocycles. The summed E-state index contributed by atoms with van der Waals surface area (Å²) in [7, 11) is 1.34. The van der Waals surface area contributed by atoms with Crippen molar-refractivity contribution in [1.29, 1.82) is 0 Å². The monoisotopic (exact) mass is 520 g/mol. The van der Waals surface area contributed by atoms with Crippen LogP contribution in [0.1, 0.15) is 27.2 Å². The predicted molar refractivity (Wildman–Crippen MR) is 153 cm³/mol. The zero-order valence-corrected chi connectivity index (χ0v) is 21.8. The van der Waals surface area contributed by atoms with E-state index in [4.69, 9.17) is 4.74 Å². The molecule has 6 heteroatoms. The summed E-state index contributed by atoms with van der Waals surface area (Å²) in [6, 6.07) is 39.3. The largest absolute Gasteiger partial charge is 0.467 e. The van der Waals surface area contributed by atoms with Crippen molar-refractivity contribution in [2.45, 2.75) is 10.8 Å². The van der Waals surface area contributed by atoms with Crippen LogP contribution < -0.4 is 5.32 Å². The number of hydrogen-bond donors (Lipinski definition) is 2. The minimum Gasteiger partial charge on any atom is -0.467 e. The summed E-state index contributed by atoms with van der Waals surface area (Å²) >= 11 is 1.60. The van der Waals surface area contributed by atoms with Crippen LogP contribution in [0.15, 0.2) is 121 Å². The highest BCUT2D eigenvalue weighted by Gasteiger charge is 2.38. The van der Waals surface area contributed by atoms with E-state index in [0.29, 0.717) is 5.69 Å². The molecule has 5 aromatic rings. The summed E-state index contributed by atoms with van der Waals surface area (Å²) in [6.45, 7) is 0. The van der Waals surface area contributed by atoms with Crippen LogP contribution >= 0.6 is 11.8 Å². The van der Waals surface area contributed by atoms with E-state index in [1.54, 1.807) is 17.8 Å². The van der Waals surface area contributed by atoms with Crippen LogP contribution in [0.5, 0.6) is 0 Å². The summed E-state index contributed by atoms with van der Waals surface area (Å²) in [5, 5.41) is 3.83. The van der Waals surface area contributed by atoms with E-state index in [0.717, 1.165) is 27.6 Å². The molecule has 1 atom stereocenters. The number of fused-ring (bicyclic) bond motifs is 1. The highest BCUT2D eigenvalue weighted by molar-refractivity contribution is 8.00. The predicted octanol–water partition coefficient (Wildman–Crippen LogP) is 6.16. The Morgan fingerprint density at radius 2 is 1.29 bits per heavy atom. The van der Waals surface area contributed by atoms with Crippen molar-refractivity contribution in [3.05, 3.63) is 144 Å². The van der Waals surface area contributed by atoms with E-state index in [1.807, 2.05) is 78.9 Å². The molecule has 2 N–H and O–H groups in total. The number of benzene rings is 4. The maximum Gasteiger partial charge on any atom is 0.329 e. The van der Waals surface area contributed by atoms with E-state index in [1.165, 1.54) is 7.11 Å². The van der Waals surface area contributed by atoms with Crippen molar-refractivity contribution in [2.24, 2.45) is 0 Å². The number of carbonyl (C=O) groups is 2. The number of aromatic nitrogens is 1. The van der Waals surface area contributed by atoms with Gasteiger partial charge in [0.15, 0.2) is 0 Å². The number of para-hydroxylation sites is 1. The Labute approximate surface area is 226 Å². The average molecular weight is 521 g/mol. The van der Waals surface area contributed by atoms with Crippen LogP contribution in [0.2, 0.25) is 0 Å². The number of nitrogens with one attached hydrogen (secondary N) is 2. The van der Waals surface area contributed by atoms with E-state index in [-0.39, 0.29) is 11.7 Å². The van der Waals surface area contributed by atoms with Gasteiger partial charge in [0.2, 0.25) is 0 Å². The van der Waals surface area contributed by atoms with Gasteiger partial charge in [0, 0.05) is 16.7 Å². The van der Waals surface area contributed by atoms with Crippen LogP contribution in [0.4, 0.5) is 0 Å². The first-order valence-corrected chi connectivity index (χ1v) is 13.4. The summed E-state index contributed by atoms with van der Waals surface area (Å²) in [5.41, 5.74) is 4.48. The van der Waals surface area contributed by atoms with Crippen LogP contribution in [0.25, 0.3) is 10.9 Å². The van der Waals surface area contributed by atoms with Gasteiger partial charge in [0.05, 0.1) is 11.9 Å². The molecule has 0 spiro atoms. The second kappa shape index (κ2) is 11.4. The lowest BCUT2D eigenvalue weighted by Crippen LogP contribution is -2.44. The van der Waals surface area contributed by atoms with Gasteiger partial charge in [-0.3, -0.25) is 4.79 Å². The topological polar surface area (TPSA) is 71.2 Å². The van der Waals surface area contributed by atoms with Gasteiger partial charge in [-0.1, -0.05) is 109 Å². The number of hydrogen-bond acceptors (Lipinski definition) is 4. The summed E-state index contributed by atoms with van der Waals surface area (Å²) in [4.78, 5) is 29.3. The van der Waals surface area contributed by atoms with Gasteiger partial charge < -0.3 is 15.0 Å². The Bertz CT molecular complexity index is 1390. The minimum absolute atomic E-state index is 0.289. The van der Waals surface area contributed by atoms with Crippen molar-refractivity contribution in [1.82, 2.24) is 10.3 Å². The molecule has 5 rings (SSSR count). The molecule has 0 saturated heterocycles. The first-order chi connectivity index (χ1) is 18.6. The molecule has 1 aromatic heterocycles. The van der Waals surface area contributed by atoms with Gasteiger partial charge >= 0.3 is 5.97 Å². The minimum atomic E-state index is -0.862. The van der Waals surface area contributed by atoms with E-state index >= 15 is 0 Å².